The van der Waals surface area contributed by atoms with Gasteiger partial charge < -0.3 is 10.4 Å². The van der Waals surface area contributed by atoms with Gasteiger partial charge in [0.05, 0.1) is 12.5 Å². The Morgan fingerprint density at radius 3 is 2.80 bits per heavy atom. The fourth-order valence-electron chi connectivity index (χ4n) is 2.70. The second kappa shape index (κ2) is 8.95. The number of hydrogen-bond acceptors (Lipinski definition) is 3. The molecule has 1 rings (SSSR count). The van der Waals surface area contributed by atoms with Gasteiger partial charge in [0.1, 0.15) is 0 Å². The summed E-state index contributed by atoms with van der Waals surface area (Å²) in [6, 6.07) is 0.203. The number of carboxylic acids is 1. The van der Waals surface area contributed by atoms with Gasteiger partial charge in [0.25, 0.3) is 0 Å². The van der Waals surface area contributed by atoms with Crippen molar-refractivity contribution < 1.29 is 14.7 Å². The molecule has 0 aromatic heterocycles. The summed E-state index contributed by atoms with van der Waals surface area (Å²) in [6.45, 7) is 5.83. The molecule has 116 valence electrons. The van der Waals surface area contributed by atoms with E-state index in [1.54, 1.807) is 0 Å². The lowest BCUT2D eigenvalue weighted by atomic mass is 9.98. The lowest BCUT2D eigenvalue weighted by Gasteiger charge is -2.30. The molecule has 1 aliphatic rings. The van der Waals surface area contributed by atoms with E-state index in [-0.39, 0.29) is 17.9 Å². The zero-order chi connectivity index (χ0) is 15.0. The molecule has 20 heavy (non-hydrogen) atoms. The minimum Gasteiger partial charge on any atom is -0.481 e. The normalized spacial score (nSPS) is 21.4. The Hall–Kier alpha value is -1.10. The van der Waals surface area contributed by atoms with Crippen molar-refractivity contribution in [2.24, 2.45) is 5.92 Å². The summed E-state index contributed by atoms with van der Waals surface area (Å²) in [5.41, 5.74) is 0. The van der Waals surface area contributed by atoms with Gasteiger partial charge in [0.15, 0.2) is 0 Å². The van der Waals surface area contributed by atoms with E-state index in [2.05, 4.69) is 12.2 Å². The van der Waals surface area contributed by atoms with Gasteiger partial charge in [0, 0.05) is 12.6 Å². The summed E-state index contributed by atoms with van der Waals surface area (Å²) in [5, 5.41) is 12.0. The molecule has 0 spiro atoms. The molecule has 0 aliphatic carbocycles. The zero-order valence-electron chi connectivity index (χ0n) is 12.7. The highest BCUT2D eigenvalue weighted by atomic mass is 16.4. The van der Waals surface area contributed by atoms with Crippen LogP contribution in [-0.2, 0) is 9.59 Å². The van der Waals surface area contributed by atoms with Crippen molar-refractivity contribution in [1.82, 2.24) is 10.2 Å². The highest BCUT2D eigenvalue weighted by Crippen LogP contribution is 2.16. The number of unbranched alkanes of at least 4 members (excludes halogenated alkanes) is 2. The Labute approximate surface area is 121 Å². The molecule has 1 amide bonds. The molecule has 2 N–H and O–H groups in total. The van der Waals surface area contributed by atoms with E-state index < -0.39 is 5.97 Å². The first kappa shape index (κ1) is 17.0. The highest BCUT2D eigenvalue weighted by Gasteiger charge is 2.26. The second-order valence-corrected chi connectivity index (χ2v) is 5.88. The molecule has 1 saturated heterocycles. The first-order valence-corrected chi connectivity index (χ1v) is 7.77. The molecule has 1 aliphatic heterocycles. The van der Waals surface area contributed by atoms with Crippen molar-refractivity contribution in [3.05, 3.63) is 0 Å². The number of rotatable bonds is 8. The van der Waals surface area contributed by atoms with Crippen LogP contribution in [0.2, 0.25) is 0 Å². The molecule has 5 nitrogen and oxygen atoms in total. The molecule has 0 bridgehead atoms. The molecule has 1 fully saturated rings. The molecule has 2 unspecified atom stereocenters. The maximum Gasteiger partial charge on any atom is 0.307 e. The number of aliphatic carboxylic acids is 1. The second-order valence-electron chi connectivity index (χ2n) is 5.88. The van der Waals surface area contributed by atoms with E-state index in [4.69, 9.17) is 5.11 Å². The largest absolute Gasteiger partial charge is 0.481 e. The molecule has 5 heteroatoms. The Morgan fingerprint density at radius 1 is 1.40 bits per heavy atom. The molecule has 0 aromatic carbocycles. The van der Waals surface area contributed by atoms with Crippen LogP contribution in [-0.4, -0.2) is 47.6 Å². The molecule has 0 aromatic rings. The van der Waals surface area contributed by atoms with E-state index in [0.29, 0.717) is 13.1 Å². The van der Waals surface area contributed by atoms with Crippen LogP contribution in [0.25, 0.3) is 0 Å². The van der Waals surface area contributed by atoms with E-state index in [9.17, 15) is 9.59 Å². The lowest BCUT2D eigenvalue weighted by Crippen LogP contribution is -2.45. The number of likely N-dealkylation sites (tertiary alicyclic amines) is 1. The summed E-state index contributed by atoms with van der Waals surface area (Å²) >= 11 is 0. The average molecular weight is 284 g/mol. The number of amides is 1. The third kappa shape index (κ3) is 6.37. The smallest absolute Gasteiger partial charge is 0.307 e. The first-order chi connectivity index (χ1) is 9.52. The summed E-state index contributed by atoms with van der Waals surface area (Å²) < 4.78 is 0. The van der Waals surface area contributed by atoms with Crippen molar-refractivity contribution in [3.63, 3.8) is 0 Å². The minimum atomic E-state index is -0.747. The molecule has 2 atom stereocenters. The maximum absolute atomic E-state index is 11.9. The van der Waals surface area contributed by atoms with Gasteiger partial charge >= 0.3 is 5.97 Å². The number of carbonyl (C=O) groups is 2. The summed E-state index contributed by atoms with van der Waals surface area (Å²) in [4.78, 5) is 24.9. The van der Waals surface area contributed by atoms with Crippen LogP contribution in [0.15, 0.2) is 0 Å². The SMILES string of the molecule is CCCCCC(C)NC(=O)CN1CCCC(C(=O)O)C1. The maximum atomic E-state index is 11.9. The van der Waals surface area contributed by atoms with Crippen LogP contribution in [0, 0.1) is 5.92 Å². The van der Waals surface area contributed by atoms with Crippen LogP contribution in [0.1, 0.15) is 52.4 Å². The van der Waals surface area contributed by atoms with Gasteiger partial charge in [-0.2, -0.15) is 0 Å². The van der Waals surface area contributed by atoms with Crippen molar-refractivity contribution in [2.75, 3.05) is 19.6 Å². The van der Waals surface area contributed by atoms with Gasteiger partial charge in [-0.25, -0.2) is 0 Å². The molecular formula is C15H28N2O3. The molecule has 1 heterocycles. The summed E-state index contributed by atoms with van der Waals surface area (Å²) in [6.07, 6.45) is 6.12. The van der Waals surface area contributed by atoms with E-state index in [1.165, 1.54) is 12.8 Å². The van der Waals surface area contributed by atoms with Crippen LogP contribution >= 0.6 is 0 Å². The third-order valence-electron chi connectivity index (χ3n) is 3.87. The lowest BCUT2D eigenvalue weighted by molar-refractivity contribution is -0.144. The fourth-order valence-corrected chi connectivity index (χ4v) is 2.70. The van der Waals surface area contributed by atoms with Gasteiger partial charge in [-0.15, -0.1) is 0 Å². The third-order valence-corrected chi connectivity index (χ3v) is 3.87. The minimum absolute atomic E-state index is 0.0139. The quantitative estimate of drug-likeness (QED) is 0.668. The van der Waals surface area contributed by atoms with Crippen molar-refractivity contribution in [3.8, 4) is 0 Å². The van der Waals surface area contributed by atoms with Gasteiger partial charge in [-0.1, -0.05) is 26.2 Å². The summed E-state index contributed by atoms with van der Waals surface area (Å²) in [5.74, 6) is -1.05. The summed E-state index contributed by atoms with van der Waals surface area (Å²) in [7, 11) is 0. The van der Waals surface area contributed by atoms with Crippen molar-refractivity contribution in [1.29, 1.82) is 0 Å². The van der Waals surface area contributed by atoms with E-state index >= 15 is 0 Å². The number of carbonyl (C=O) groups excluding carboxylic acids is 1. The van der Waals surface area contributed by atoms with E-state index in [1.807, 2.05) is 11.8 Å². The average Bonchev–Trinajstić information content (AvgIpc) is 2.39. The Bertz CT molecular complexity index is 320. The number of hydrogen-bond donors (Lipinski definition) is 2. The molecule has 0 saturated carbocycles. The van der Waals surface area contributed by atoms with E-state index in [0.717, 1.165) is 32.2 Å². The standard InChI is InChI=1S/C15H28N2O3/c1-3-4-5-7-12(2)16-14(18)11-17-9-6-8-13(10-17)15(19)20/h12-13H,3-11H2,1-2H3,(H,16,18)(H,19,20). The topological polar surface area (TPSA) is 69.6 Å². The van der Waals surface area contributed by atoms with Crippen LogP contribution in [0.5, 0.6) is 0 Å². The van der Waals surface area contributed by atoms with Crippen molar-refractivity contribution >= 4 is 11.9 Å². The molecular weight excluding hydrogens is 256 g/mol. The Morgan fingerprint density at radius 2 is 2.15 bits per heavy atom. The predicted molar refractivity (Wildman–Crippen MR) is 78.5 cm³/mol. The van der Waals surface area contributed by atoms with Crippen LogP contribution < -0.4 is 5.32 Å². The predicted octanol–water partition coefficient (Wildman–Crippen LogP) is 1.87. The number of carboxylic acid groups (broad SMARTS) is 1. The van der Waals surface area contributed by atoms with Crippen LogP contribution in [0.4, 0.5) is 0 Å². The highest BCUT2D eigenvalue weighted by molar-refractivity contribution is 5.78. The number of nitrogens with zero attached hydrogens (tertiary/aromatic N) is 1. The monoisotopic (exact) mass is 284 g/mol. The zero-order valence-corrected chi connectivity index (χ0v) is 12.7. The Balaban J connectivity index is 2.25. The first-order valence-electron chi connectivity index (χ1n) is 7.77. The fraction of sp³-hybridized carbons (Fsp3) is 0.867. The van der Waals surface area contributed by atoms with Gasteiger partial charge in [-0.3, -0.25) is 14.5 Å². The number of nitrogens with one attached hydrogen (secondary N) is 1. The molecule has 0 radical (unpaired) electrons. The van der Waals surface area contributed by atoms with Crippen molar-refractivity contribution in [2.45, 2.75) is 58.4 Å². The Kier molecular flexibility index (Phi) is 7.59. The van der Waals surface area contributed by atoms with Crippen LogP contribution in [0.3, 0.4) is 0 Å². The van der Waals surface area contributed by atoms with Gasteiger partial charge in [-0.05, 0) is 32.7 Å². The van der Waals surface area contributed by atoms with Gasteiger partial charge in [0.2, 0.25) is 5.91 Å². The number of piperidine rings is 1.